The Morgan fingerprint density at radius 3 is 2.58 bits per heavy atom. The van der Waals surface area contributed by atoms with Gasteiger partial charge in [0.25, 0.3) is 0 Å². The average molecular weight is 473 g/mol. The second-order valence-electron chi connectivity index (χ2n) is 9.30. The summed E-state index contributed by atoms with van der Waals surface area (Å²) >= 11 is 0. The molecular formula is C28H24N8. The van der Waals surface area contributed by atoms with Crippen molar-refractivity contribution in [1.82, 2.24) is 39.8 Å². The van der Waals surface area contributed by atoms with E-state index in [4.69, 9.17) is 9.97 Å². The van der Waals surface area contributed by atoms with Gasteiger partial charge in [-0.15, -0.1) is 0 Å². The Morgan fingerprint density at radius 2 is 1.69 bits per heavy atom. The summed E-state index contributed by atoms with van der Waals surface area (Å²) < 4.78 is 0. The molecule has 0 atom stereocenters. The van der Waals surface area contributed by atoms with Crippen LogP contribution in [-0.2, 0) is 6.54 Å². The van der Waals surface area contributed by atoms with Gasteiger partial charge in [0.15, 0.2) is 0 Å². The number of fused-ring (bicyclic) bond motifs is 2. The molecule has 0 aliphatic carbocycles. The average Bonchev–Trinajstić information content (AvgIpc) is 3.68. The highest BCUT2D eigenvalue weighted by molar-refractivity contribution is 5.98. The maximum absolute atomic E-state index is 4.97. The van der Waals surface area contributed by atoms with Gasteiger partial charge in [-0.3, -0.25) is 19.9 Å². The minimum atomic E-state index is 0.772. The Hall–Kier alpha value is -4.43. The lowest BCUT2D eigenvalue weighted by Gasteiger charge is -2.14. The fourth-order valence-corrected chi connectivity index (χ4v) is 5.08. The molecule has 8 nitrogen and oxygen atoms in total. The zero-order chi connectivity index (χ0) is 23.9. The standard InChI is InChI=1S/C28H24N8/c1-2-7-36(6-1)17-18-8-20(12-30-10-18)21-9-22-24(15-33-27(22)32-13-21)28-34-25-16-31-14-23(26(25)35-28)19-4-3-5-29-11-19/h3-5,8-16H,1-2,6-7,17H2,(H,32,33)(H,34,35). The molecule has 0 bridgehead atoms. The molecule has 7 rings (SSSR count). The van der Waals surface area contributed by atoms with Gasteiger partial charge in [-0.1, -0.05) is 6.07 Å². The van der Waals surface area contributed by atoms with Crippen molar-refractivity contribution < 1.29 is 0 Å². The predicted molar refractivity (Wildman–Crippen MR) is 140 cm³/mol. The van der Waals surface area contributed by atoms with E-state index in [-0.39, 0.29) is 0 Å². The summed E-state index contributed by atoms with van der Waals surface area (Å²) in [6.45, 7) is 3.28. The van der Waals surface area contributed by atoms with Crippen LogP contribution in [0.1, 0.15) is 18.4 Å². The molecule has 8 heteroatoms. The Kier molecular flexibility index (Phi) is 5.03. The van der Waals surface area contributed by atoms with E-state index in [2.05, 4.69) is 42.0 Å². The van der Waals surface area contributed by atoms with E-state index in [0.29, 0.717) is 0 Å². The van der Waals surface area contributed by atoms with Crippen LogP contribution >= 0.6 is 0 Å². The summed E-state index contributed by atoms with van der Waals surface area (Å²) in [6, 6.07) is 8.33. The molecule has 2 N–H and O–H groups in total. The van der Waals surface area contributed by atoms with Crippen LogP contribution in [0.3, 0.4) is 0 Å². The number of hydrogen-bond acceptors (Lipinski definition) is 6. The molecule has 6 aromatic rings. The van der Waals surface area contributed by atoms with E-state index < -0.39 is 0 Å². The Morgan fingerprint density at radius 1 is 0.833 bits per heavy atom. The van der Waals surface area contributed by atoms with Crippen LogP contribution in [0.15, 0.2) is 73.8 Å². The topological polar surface area (TPSA) is 99.3 Å². The molecule has 0 aromatic carbocycles. The van der Waals surface area contributed by atoms with Gasteiger partial charge in [-0.25, -0.2) is 9.97 Å². The van der Waals surface area contributed by atoms with Crippen LogP contribution in [0.25, 0.3) is 55.7 Å². The Bertz CT molecular complexity index is 1680. The maximum Gasteiger partial charge on any atom is 0.140 e. The first-order valence-electron chi connectivity index (χ1n) is 12.2. The molecule has 0 amide bonds. The first-order valence-corrected chi connectivity index (χ1v) is 12.2. The van der Waals surface area contributed by atoms with Crippen LogP contribution in [0.5, 0.6) is 0 Å². The number of likely N-dealkylation sites (tertiary alicyclic amines) is 1. The number of imidazole rings is 1. The van der Waals surface area contributed by atoms with E-state index in [1.165, 1.54) is 31.5 Å². The number of pyridine rings is 4. The molecule has 36 heavy (non-hydrogen) atoms. The lowest BCUT2D eigenvalue weighted by molar-refractivity contribution is 0.331. The smallest absolute Gasteiger partial charge is 0.140 e. The Balaban J connectivity index is 1.28. The van der Waals surface area contributed by atoms with Crippen molar-refractivity contribution in [2.45, 2.75) is 19.4 Å². The van der Waals surface area contributed by atoms with Crippen LogP contribution < -0.4 is 0 Å². The van der Waals surface area contributed by atoms with Gasteiger partial charge in [-0.05, 0) is 49.7 Å². The van der Waals surface area contributed by atoms with Gasteiger partial charge in [-0.2, -0.15) is 0 Å². The summed E-state index contributed by atoms with van der Waals surface area (Å²) in [5, 5.41) is 1.01. The second kappa shape index (κ2) is 8.66. The van der Waals surface area contributed by atoms with Gasteiger partial charge in [0, 0.05) is 83.1 Å². The maximum atomic E-state index is 4.97. The highest BCUT2D eigenvalue weighted by Crippen LogP contribution is 2.33. The van der Waals surface area contributed by atoms with E-state index in [1.54, 1.807) is 6.20 Å². The minimum absolute atomic E-state index is 0.772. The summed E-state index contributed by atoms with van der Waals surface area (Å²) in [4.78, 5) is 32.1. The first kappa shape index (κ1) is 20.9. The zero-order valence-electron chi connectivity index (χ0n) is 19.6. The van der Waals surface area contributed by atoms with E-state index >= 15 is 0 Å². The fourth-order valence-electron chi connectivity index (χ4n) is 5.08. The van der Waals surface area contributed by atoms with Gasteiger partial charge < -0.3 is 9.97 Å². The summed E-state index contributed by atoms with van der Waals surface area (Å²) in [7, 11) is 0. The summed E-state index contributed by atoms with van der Waals surface area (Å²) in [5.74, 6) is 0.772. The Labute approximate surface area is 207 Å². The lowest BCUT2D eigenvalue weighted by Crippen LogP contribution is -2.18. The van der Waals surface area contributed by atoms with Crippen molar-refractivity contribution in [3.63, 3.8) is 0 Å². The van der Waals surface area contributed by atoms with E-state index in [9.17, 15) is 0 Å². The molecule has 0 unspecified atom stereocenters. The van der Waals surface area contributed by atoms with Gasteiger partial charge in [0.1, 0.15) is 11.5 Å². The van der Waals surface area contributed by atoms with Crippen molar-refractivity contribution in [3.05, 3.63) is 79.4 Å². The number of H-pyrrole nitrogens is 2. The predicted octanol–water partition coefficient (Wildman–Crippen LogP) is 5.22. The third-order valence-electron chi connectivity index (χ3n) is 6.89. The van der Waals surface area contributed by atoms with E-state index in [0.717, 1.165) is 62.3 Å². The molecule has 1 aliphatic heterocycles. The fraction of sp³-hybridized carbons (Fsp3) is 0.179. The SMILES string of the molecule is c1cncc(-c2cncc3[nH]c(-c4c[nH]c5ncc(-c6cncc(CN7CCCC7)c6)cc45)nc23)c1. The van der Waals surface area contributed by atoms with Crippen LogP contribution in [0.4, 0.5) is 0 Å². The molecule has 0 spiro atoms. The number of nitrogens with one attached hydrogen (secondary N) is 2. The second-order valence-corrected chi connectivity index (χ2v) is 9.30. The highest BCUT2D eigenvalue weighted by Gasteiger charge is 2.16. The van der Waals surface area contributed by atoms with Gasteiger partial charge in [0.2, 0.25) is 0 Å². The van der Waals surface area contributed by atoms with Crippen LogP contribution in [-0.4, -0.2) is 52.9 Å². The van der Waals surface area contributed by atoms with Crippen molar-refractivity contribution in [2.75, 3.05) is 13.1 Å². The molecule has 1 saturated heterocycles. The molecule has 1 aliphatic rings. The van der Waals surface area contributed by atoms with Crippen molar-refractivity contribution in [1.29, 1.82) is 0 Å². The molecule has 6 aromatic heterocycles. The first-order chi connectivity index (χ1) is 17.8. The third-order valence-corrected chi connectivity index (χ3v) is 6.89. The molecule has 0 radical (unpaired) electrons. The minimum Gasteiger partial charge on any atom is -0.345 e. The van der Waals surface area contributed by atoms with Gasteiger partial charge in [0.05, 0.1) is 17.2 Å². The zero-order valence-corrected chi connectivity index (χ0v) is 19.6. The number of nitrogens with zero attached hydrogens (tertiary/aromatic N) is 6. The monoisotopic (exact) mass is 472 g/mol. The van der Waals surface area contributed by atoms with Crippen molar-refractivity contribution >= 4 is 22.1 Å². The van der Waals surface area contributed by atoms with Gasteiger partial charge >= 0.3 is 0 Å². The summed E-state index contributed by atoms with van der Waals surface area (Å²) in [6.07, 6.45) is 17.5. The van der Waals surface area contributed by atoms with E-state index in [1.807, 2.05) is 55.5 Å². The van der Waals surface area contributed by atoms with Crippen LogP contribution in [0, 0.1) is 0 Å². The third kappa shape index (κ3) is 3.72. The number of aromatic nitrogens is 7. The normalized spacial score (nSPS) is 14.2. The lowest BCUT2D eigenvalue weighted by atomic mass is 10.1. The van der Waals surface area contributed by atoms with Crippen LogP contribution in [0.2, 0.25) is 0 Å². The molecule has 176 valence electrons. The quantitative estimate of drug-likeness (QED) is 0.357. The number of hydrogen-bond donors (Lipinski definition) is 2. The highest BCUT2D eigenvalue weighted by atomic mass is 15.1. The summed E-state index contributed by atoms with van der Waals surface area (Å²) in [5.41, 5.74) is 8.80. The van der Waals surface area contributed by atoms with Crippen molar-refractivity contribution in [2.24, 2.45) is 0 Å². The molecule has 1 fully saturated rings. The number of aromatic amines is 2. The number of rotatable bonds is 5. The molecule has 7 heterocycles. The largest absolute Gasteiger partial charge is 0.345 e. The van der Waals surface area contributed by atoms with Crippen molar-refractivity contribution in [3.8, 4) is 33.6 Å². The molecular weight excluding hydrogens is 448 g/mol. The molecule has 0 saturated carbocycles.